The van der Waals surface area contributed by atoms with Gasteiger partial charge in [-0.1, -0.05) is 6.07 Å². The highest BCUT2D eigenvalue weighted by molar-refractivity contribution is 7.12. The molecule has 25 heavy (non-hydrogen) atoms. The second kappa shape index (κ2) is 6.86. The molecule has 1 amide bonds. The van der Waals surface area contributed by atoms with Gasteiger partial charge in [-0.05, 0) is 86.5 Å². The first-order chi connectivity index (χ1) is 12.0. The summed E-state index contributed by atoms with van der Waals surface area (Å²) in [6, 6.07) is 4.04. The maximum atomic E-state index is 12.4. The lowest BCUT2D eigenvalue weighted by atomic mass is 9.48. The summed E-state index contributed by atoms with van der Waals surface area (Å²) in [5, 5.41) is 5.22. The van der Waals surface area contributed by atoms with Gasteiger partial charge in [0.15, 0.2) is 5.78 Å². The molecule has 0 aliphatic heterocycles. The third-order valence-electron chi connectivity index (χ3n) is 6.99. The molecule has 4 saturated carbocycles. The van der Waals surface area contributed by atoms with Crippen LogP contribution in [0.1, 0.15) is 74.4 Å². The van der Waals surface area contributed by atoms with E-state index in [1.165, 1.54) is 49.9 Å². The number of carbonyl (C=O) groups is 2. The summed E-state index contributed by atoms with van der Waals surface area (Å²) < 4.78 is 0. The summed E-state index contributed by atoms with van der Waals surface area (Å²) in [4.78, 5) is 25.2. The van der Waals surface area contributed by atoms with Crippen molar-refractivity contribution in [2.24, 2.45) is 23.2 Å². The summed E-state index contributed by atoms with van der Waals surface area (Å²) in [6.07, 6.45) is 9.84. The zero-order valence-corrected chi connectivity index (χ0v) is 15.9. The molecule has 0 aromatic carbocycles. The average molecular weight is 360 g/mol. The van der Waals surface area contributed by atoms with Crippen molar-refractivity contribution in [2.45, 2.75) is 70.8 Å². The molecule has 4 aliphatic carbocycles. The average Bonchev–Trinajstić information content (AvgIpc) is 3.08. The van der Waals surface area contributed by atoms with Crippen molar-refractivity contribution in [3.05, 3.63) is 22.4 Å². The van der Waals surface area contributed by atoms with Crippen molar-refractivity contribution >= 4 is 23.0 Å². The van der Waals surface area contributed by atoms with Gasteiger partial charge in [-0.15, -0.1) is 11.3 Å². The number of nitrogens with one attached hydrogen (secondary N) is 1. The first kappa shape index (κ1) is 17.3. The van der Waals surface area contributed by atoms with Crippen LogP contribution < -0.4 is 5.32 Å². The number of rotatable bonds is 7. The number of hydrogen-bond acceptors (Lipinski definition) is 3. The minimum Gasteiger partial charge on any atom is -0.353 e. The van der Waals surface area contributed by atoms with Crippen LogP contribution in [0.25, 0.3) is 0 Å². The van der Waals surface area contributed by atoms with Crippen molar-refractivity contribution in [1.82, 2.24) is 5.32 Å². The molecule has 4 fully saturated rings. The van der Waals surface area contributed by atoms with Gasteiger partial charge in [0.2, 0.25) is 5.91 Å². The van der Waals surface area contributed by atoms with Gasteiger partial charge < -0.3 is 5.32 Å². The molecular formula is C21H29NO2S. The normalized spacial score (nSPS) is 34.0. The van der Waals surface area contributed by atoms with Crippen LogP contribution in [-0.2, 0) is 4.79 Å². The predicted molar refractivity (Wildman–Crippen MR) is 101 cm³/mol. The van der Waals surface area contributed by atoms with E-state index in [2.05, 4.69) is 12.2 Å². The Hall–Kier alpha value is -1.16. The fraction of sp³-hybridized carbons (Fsp3) is 0.714. The molecule has 3 nitrogen and oxygen atoms in total. The van der Waals surface area contributed by atoms with Crippen LogP contribution in [0, 0.1) is 23.2 Å². The van der Waals surface area contributed by atoms with Crippen molar-refractivity contribution in [2.75, 3.05) is 0 Å². The van der Waals surface area contributed by atoms with Crippen LogP contribution in [-0.4, -0.2) is 17.7 Å². The van der Waals surface area contributed by atoms with Crippen molar-refractivity contribution < 1.29 is 9.59 Å². The van der Waals surface area contributed by atoms with E-state index in [0.717, 1.165) is 22.6 Å². The van der Waals surface area contributed by atoms with Gasteiger partial charge in [0.25, 0.3) is 0 Å². The van der Waals surface area contributed by atoms with E-state index >= 15 is 0 Å². The molecule has 1 aromatic rings. The Morgan fingerprint density at radius 3 is 2.36 bits per heavy atom. The quantitative estimate of drug-likeness (QED) is 0.709. The lowest BCUT2D eigenvalue weighted by molar-refractivity contribution is -0.126. The molecule has 0 radical (unpaired) electrons. The molecular weight excluding hydrogens is 330 g/mol. The minimum absolute atomic E-state index is 0.127. The van der Waals surface area contributed by atoms with E-state index in [0.29, 0.717) is 24.7 Å². The summed E-state index contributed by atoms with van der Waals surface area (Å²) in [5.41, 5.74) is 0.358. The fourth-order valence-corrected chi connectivity index (χ4v) is 6.84. The number of hydrogen-bond donors (Lipinski definition) is 1. The van der Waals surface area contributed by atoms with Gasteiger partial charge in [0, 0.05) is 18.9 Å². The van der Waals surface area contributed by atoms with Crippen LogP contribution >= 0.6 is 11.3 Å². The zero-order valence-electron chi connectivity index (χ0n) is 15.1. The highest BCUT2D eigenvalue weighted by Crippen LogP contribution is 2.61. The van der Waals surface area contributed by atoms with Gasteiger partial charge in [-0.25, -0.2) is 0 Å². The van der Waals surface area contributed by atoms with Gasteiger partial charge in [0.05, 0.1) is 4.88 Å². The lowest BCUT2D eigenvalue weighted by Crippen LogP contribution is -2.55. The van der Waals surface area contributed by atoms with Gasteiger partial charge in [-0.3, -0.25) is 9.59 Å². The molecule has 1 aromatic heterocycles. The molecule has 0 spiro atoms. The van der Waals surface area contributed by atoms with Crippen LogP contribution in [0.2, 0.25) is 0 Å². The van der Waals surface area contributed by atoms with E-state index in [-0.39, 0.29) is 17.7 Å². The first-order valence-electron chi connectivity index (χ1n) is 9.90. The molecule has 0 saturated heterocycles. The van der Waals surface area contributed by atoms with Crippen LogP contribution in [0.4, 0.5) is 0 Å². The second-order valence-corrected chi connectivity index (χ2v) is 9.77. The largest absolute Gasteiger partial charge is 0.353 e. The Kier molecular flexibility index (Phi) is 4.74. The third-order valence-corrected chi connectivity index (χ3v) is 7.90. The maximum Gasteiger partial charge on any atom is 0.220 e. The van der Waals surface area contributed by atoms with Crippen molar-refractivity contribution in [3.8, 4) is 0 Å². The molecule has 5 rings (SSSR count). The molecule has 1 N–H and O–H groups in total. The second-order valence-electron chi connectivity index (χ2n) is 8.82. The number of ketones is 1. The lowest BCUT2D eigenvalue weighted by Gasteiger charge is -2.59. The Labute approximate surface area is 154 Å². The van der Waals surface area contributed by atoms with E-state index in [1.54, 1.807) is 0 Å². The van der Waals surface area contributed by atoms with Crippen LogP contribution in [0.3, 0.4) is 0 Å². The van der Waals surface area contributed by atoms with E-state index in [4.69, 9.17) is 0 Å². The fourth-order valence-electron chi connectivity index (χ4n) is 6.14. The summed E-state index contributed by atoms with van der Waals surface area (Å²) in [6.45, 7) is 2.22. The Morgan fingerprint density at radius 1 is 1.16 bits per heavy atom. The van der Waals surface area contributed by atoms with Gasteiger partial charge >= 0.3 is 0 Å². The number of amides is 1. The molecule has 4 heteroatoms. The monoisotopic (exact) mass is 359 g/mol. The highest BCUT2D eigenvalue weighted by atomic mass is 32.1. The first-order valence-corrected chi connectivity index (χ1v) is 10.8. The smallest absolute Gasteiger partial charge is 0.220 e. The highest BCUT2D eigenvalue weighted by Gasteiger charge is 2.53. The van der Waals surface area contributed by atoms with Crippen LogP contribution in [0.5, 0.6) is 0 Å². The summed E-state index contributed by atoms with van der Waals surface area (Å²) in [5.74, 6) is 3.02. The molecule has 1 unspecified atom stereocenters. The topological polar surface area (TPSA) is 46.2 Å². The zero-order chi connectivity index (χ0) is 17.4. The number of thiophene rings is 1. The molecule has 4 aliphatic rings. The third kappa shape index (κ3) is 3.55. The van der Waals surface area contributed by atoms with Crippen LogP contribution in [0.15, 0.2) is 17.5 Å². The summed E-state index contributed by atoms with van der Waals surface area (Å²) in [7, 11) is 0. The Bertz CT molecular complexity index is 601. The van der Waals surface area contributed by atoms with Crippen molar-refractivity contribution in [3.63, 3.8) is 0 Å². The van der Waals surface area contributed by atoms with Gasteiger partial charge in [0.1, 0.15) is 0 Å². The SMILES string of the molecule is CC(NC(=O)CCCC(=O)c1cccs1)C12CC3CC(CC(C3)C1)C2. The Balaban J connectivity index is 1.26. The number of Topliss-reactive ketones (excluding diaryl/α,β-unsaturated/α-hetero) is 1. The molecule has 136 valence electrons. The standard InChI is InChI=1S/C21H29NO2S/c1-14(21-11-15-8-16(12-21)10-17(9-15)13-21)22-20(24)6-2-4-18(23)19-5-3-7-25-19/h3,5,7,14-17H,2,4,6,8-13H2,1H3,(H,22,24). The van der Waals surface area contributed by atoms with Crippen molar-refractivity contribution in [1.29, 1.82) is 0 Å². The predicted octanol–water partition coefficient (Wildman–Crippen LogP) is 4.82. The minimum atomic E-state index is 0.127. The van der Waals surface area contributed by atoms with E-state index < -0.39 is 0 Å². The number of carbonyl (C=O) groups excluding carboxylic acids is 2. The maximum absolute atomic E-state index is 12.4. The molecule has 1 atom stereocenters. The van der Waals surface area contributed by atoms with E-state index in [1.807, 2.05) is 17.5 Å². The molecule has 4 bridgehead atoms. The van der Waals surface area contributed by atoms with E-state index in [9.17, 15) is 9.59 Å². The molecule has 1 heterocycles. The van der Waals surface area contributed by atoms with Gasteiger partial charge in [-0.2, -0.15) is 0 Å². The Morgan fingerprint density at radius 2 is 1.80 bits per heavy atom. The summed E-state index contributed by atoms with van der Waals surface area (Å²) >= 11 is 1.48.